The minimum Gasteiger partial charge on any atom is -0.399 e. The Bertz CT molecular complexity index is 358. The molecule has 1 aromatic carbocycles. The Labute approximate surface area is 94.8 Å². The number of anilines is 1. The Kier molecular flexibility index (Phi) is 4.05. The third-order valence-corrected chi connectivity index (χ3v) is 2.29. The van der Waals surface area contributed by atoms with Gasteiger partial charge in [0.25, 0.3) is 0 Å². The lowest BCUT2D eigenvalue weighted by molar-refractivity contribution is 0.540. The number of thiocarbonyl (C=S) groups is 1. The van der Waals surface area contributed by atoms with Gasteiger partial charge in [0.05, 0.1) is 6.21 Å². The van der Waals surface area contributed by atoms with E-state index in [4.69, 9.17) is 18.0 Å². The normalized spacial score (nSPS) is 10.3. The molecule has 0 radical (unpaired) electrons. The zero-order valence-corrected chi connectivity index (χ0v) is 9.58. The number of benzene rings is 1. The highest BCUT2D eigenvalue weighted by Crippen LogP contribution is 2.03. The van der Waals surface area contributed by atoms with Crippen molar-refractivity contribution >= 4 is 29.2 Å². The molecule has 0 fully saturated rings. The summed E-state index contributed by atoms with van der Waals surface area (Å²) in [5.74, 6) is 0. The van der Waals surface area contributed by atoms with Gasteiger partial charge < -0.3 is 11.1 Å². The lowest BCUT2D eigenvalue weighted by Gasteiger charge is -2.12. The fourth-order valence-corrected chi connectivity index (χ4v) is 0.997. The van der Waals surface area contributed by atoms with Crippen LogP contribution in [0.15, 0.2) is 29.4 Å². The molecule has 1 aromatic rings. The Morgan fingerprint density at radius 1 is 1.47 bits per heavy atom. The van der Waals surface area contributed by atoms with Gasteiger partial charge >= 0.3 is 0 Å². The van der Waals surface area contributed by atoms with Crippen LogP contribution in [0.3, 0.4) is 0 Å². The summed E-state index contributed by atoms with van der Waals surface area (Å²) >= 11 is 5.00. The molecule has 5 heteroatoms. The Balaban J connectivity index is 2.65. The summed E-state index contributed by atoms with van der Waals surface area (Å²) in [6.45, 7) is 0. The first-order chi connectivity index (χ1) is 7.13. The summed E-state index contributed by atoms with van der Waals surface area (Å²) in [6, 6.07) is 7.46. The van der Waals surface area contributed by atoms with Crippen LogP contribution in [-0.4, -0.2) is 30.4 Å². The quantitative estimate of drug-likeness (QED) is 0.340. The van der Waals surface area contributed by atoms with Crippen molar-refractivity contribution in [3.05, 3.63) is 29.8 Å². The molecule has 15 heavy (non-hydrogen) atoms. The average Bonchev–Trinajstić information content (AvgIpc) is 2.26. The first kappa shape index (κ1) is 11.5. The van der Waals surface area contributed by atoms with E-state index >= 15 is 0 Å². The molecule has 0 aliphatic rings. The van der Waals surface area contributed by atoms with E-state index < -0.39 is 0 Å². The van der Waals surface area contributed by atoms with E-state index in [1.807, 2.05) is 24.3 Å². The highest BCUT2D eigenvalue weighted by Gasteiger charge is 1.96. The van der Waals surface area contributed by atoms with Crippen molar-refractivity contribution in [2.75, 3.05) is 19.8 Å². The predicted molar refractivity (Wildman–Crippen MR) is 67.9 cm³/mol. The molecule has 0 heterocycles. The molecular weight excluding hydrogens is 208 g/mol. The second-order valence-corrected chi connectivity index (χ2v) is 3.38. The highest BCUT2D eigenvalue weighted by atomic mass is 32.1. The average molecular weight is 222 g/mol. The summed E-state index contributed by atoms with van der Waals surface area (Å²) in [6.07, 6.45) is 1.73. The van der Waals surface area contributed by atoms with Crippen molar-refractivity contribution in [3.63, 3.8) is 0 Å². The van der Waals surface area contributed by atoms with Crippen LogP contribution in [-0.2, 0) is 0 Å². The molecule has 0 aliphatic heterocycles. The third-order valence-electron chi connectivity index (χ3n) is 1.82. The van der Waals surface area contributed by atoms with Crippen molar-refractivity contribution < 1.29 is 0 Å². The Hall–Kier alpha value is -1.62. The van der Waals surface area contributed by atoms with E-state index in [-0.39, 0.29) is 0 Å². The topological polar surface area (TPSA) is 53.6 Å². The minimum atomic E-state index is 0.571. The van der Waals surface area contributed by atoms with Crippen LogP contribution in [0.2, 0.25) is 0 Å². The summed E-state index contributed by atoms with van der Waals surface area (Å²) < 4.78 is 0. The molecule has 0 bridgehead atoms. The molecule has 0 atom stereocenters. The zero-order valence-electron chi connectivity index (χ0n) is 8.77. The van der Waals surface area contributed by atoms with Crippen molar-refractivity contribution in [1.82, 2.24) is 10.3 Å². The molecular formula is C10H14N4S. The lowest BCUT2D eigenvalue weighted by Crippen LogP contribution is -2.30. The van der Waals surface area contributed by atoms with Gasteiger partial charge in [0.2, 0.25) is 0 Å². The maximum absolute atomic E-state index is 5.57. The number of nitrogens with two attached hydrogens (primary N) is 1. The van der Waals surface area contributed by atoms with Gasteiger partial charge in [-0.2, -0.15) is 5.10 Å². The summed E-state index contributed by atoms with van der Waals surface area (Å²) in [4.78, 5) is 0. The molecule has 4 nitrogen and oxygen atoms in total. The van der Waals surface area contributed by atoms with Crippen LogP contribution in [0.1, 0.15) is 5.56 Å². The van der Waals surface area contributed by atoms with Gasteiger partial charge in [-0.3, -0.25) is 0 Å². The Morgan fingerprint density at radius 2 is 2.07 bits per heavy atom. The number of nitrogen functional groups attached to an aromatic ring is 1. The monoisotopic (exact) mass is 222 g/mol. The Morgan fingerprint density at radius 3 is 2.60 bits per heavy atom. The molecule has 0 saturated heterocycles. The largest absolute Gasteiger partial charge is 0.399 e. The molecule has 3 N–H and O–H groups in total. The first-order valence-electron chi connectivity index (χ1n) is 4.48. The van der Waals surface area contributed by atoms with Crippen LogP contribution >= 0.6 is 12.2 Å². The standard InChI is InChI=1S/C10H14N4S/c1-12-10(15)14(2)13-7-8-3-5-9(11)6-4-8/h3-7H,11H2,1-2H3,(H,12,15). The van der Waals surface area contributed by atoms with Gasteiger partial charge in [-0.15, -0.1) is 0 Å². The van der Waals surface area contributed by atoms with Crippen molar-refractivity contribution in [1.29, 1.82) is 0 Å². The number of hydrogen-bond donors (Lipinski definition) is 2. The van der Waals surface area contributed by atoms with Gasteiger partial charge in [-0.25, -0.2) is 5.01 Å². The number of hydrazone groups is 1. The van der Waals surface area contributed by atoms with Crippen LogP contribution < -0.4 is 11.1 Å². The molecule has 0 unspecified atom stereocenters. The maximum atomic E-state index is 5.57. The predicted octanol–water partition coefficient (Wildman–Crippen LogP) is 1.04. The smallest absolute Gasteiger partial charge is 0.189 e. The number of rotatable bonds is 2. The minimum absolute atomic E-state index is 0.571. The first-order valence-corrected chi connectivity index (χ1v) is 4.89. The molecule has 0 spiro atoms. The molecule has 0 aliphatic carbocycles. The number of nitrogens with zero attached hydrogens (tertiary/aromatic N) is 2. The summed E-state index contributed by atoms with van der Waals surface area (Å²) in [5.41, 5.74) is 7.29. The summed E-state index contributed by atoms with van der Waals surface area (Å²) in [7, 11) is 3.55. The fraction of sp³-hybridized carbons (Fsp3) is 0.200. The number of nitrogens with one attached hydrogen (secondary N) is 1. The second kappa shape index (κ2) is 5.31. The van der Waals surface area contributed by atoms with Gasteiger partial charge in [0.15, 0.2) is 5.11 Å². The van der Waals surface area contributed by atoms with Gasteiger partial charge in [-0.1, -0.05) is 12.1 Å². The van der Waals surface area contributed by atoms with Crippen LogP contribution in [0, 0.1) is 0 Å². The van der Waals surface area contributed by atoms with E-state index in [9.17, 15) is 0 Å². The van der Waals surface area contributed by atoms with E-state index in [0.717, 1.165) is 11.3 Å². The highest BCUT2D eigenvalue weighted by molar-refractivity contribution is 7.80. The van der Waals surface area contributed by atoms with Gasteiger partial charge in [0, 0.05) is 19.8 Å². The summed E-state index contributed by atoms with van der Waals surface area (Å²) in [5, 5.41) is 9.15. The van der Waals surface area contributed by atoms with Crippen LogP contribution in [0.25, 0.3) is 0 Å². The van der Waals surface area contributed by atoms with E-state index in [1.54, 1.807) is 25.3 Å². The van der Waals surface area contributed by atoms with Crippen molar-refractivity contribution in [3.8, 4) is 0 Å². The van der Waals surface area contributed by atoms with Gasteiger partial charge in [-0.05, 0) is 29.9 Å². The van der Waals surface area contributed by atoms with Crippen LogP contribution in [0.5, 0.6) is 0 Å². The maximum Gasteiger partial charge on any atom is 0.189 e. The van der Waals surface area contributed by atoms with Gasteiger partial charge in [0.1, 0.15) is 0 Å². The molecule has 1 rings (SSSR count). The molecule has 0 amide bonds. The molecule has 0 aromatic heterocycles. The fourth-order valence-electron chi connectivity index (χ4n) is 0.950. The molecule has 0 saturated carbocycles. The van der Waals surface area contributed by atoms with Crippen molar-refractivity contribution in [2.24, 2.45) is 5.10 Å². The second-order valence-electron chi connectivity index (χ2n) is 2.99. The SMILES string of the molecule is CNC(=S)N(C)N=Cc1ccc(N)cc1. The molecule has 80 valence electrons. The van der Waals surface area contributed by atoms with Crippen molar-refractivity contribution in [2.45, 2.75) is 0 Å². The zero-order chi connectivity index (χ0) is 11.3. The van der Waals surface area contributed by atoms with E-state index in [1.165, 1.54) is 0 Å². The van der Waals surface area contributed by atoms with E-state index in [0.29, 0.717) is 5.11 Å². The third kappa shape index (κ3) is 3.55. The van der Waals surface area contributed by atoms with Crippen LogP contribution in [0.4, 0.5) is 5.69 Å². The van der Waals surface area contributed by atoms with E-state index in [2.05, 4.69) is 10.4 Å². The number of hydrogen-bond acceptors (Lipinski definition) is 3. The lowest BCUT2D eigenvalue weighted by atomic mass is 10.2.